The van der Waals surface area contributed by atoms with Crippen LogP contribution in [0.1, 0.15) is 11.1 Å². The SMILES string of the molecule is Cc1cccc(C)c1NS(=O)(=O)c1ccc(-c2ccc(-n3cnnn3)cc2)cc1. The normalized spacial score (nSPS) is 11.4. The number of tetrazole rings is 1. The van der Waals surface area contributed by atoms with Gasteiger partial charge in [-0.05, 0) is 70.8 Å². The molecule has 0 bridgehead atoms. The standard InChI is InChI=1S/C21H19N5O2S/c1-15-4-3-5-16(2)21(15)23-29(27,28)20-12-8-18(9-13-20)17-6-10-19(11-7-17)26-14-22-24-25-26/h3-14,23H,1-2H3. The Kier molecular flexibility index (Phi) is 4.85. The van der Waals surface area contributed by atoms with E-state index in [0.29, 0.717) is 5.69 Å². The molecule has 4 rings (SSSR count). The molecular weight excluding hydrogens is 386 g/mol. The summed E-state index contributed by atoms with van der Waals surface area (Å²) in [7, 11) is -3.67. The molecule has 0 unspecified atom stereocenters. The molecular formula is C21H19N5O2S. The highest BCUT2D eigenvalue weighted by atomic mass is 32.2. The van der Waals surface area contributed by atoms with E-state index in [1.54, 1.807) is 28.9 Å². The summed E-state index contributed by atoms with van der Waals surface area (Å²) in [4.78, 5) is 0.217. The zero-order valence-electron chi connectivity index (χ0n) is 15.9. The average Bonchev–Trinajstić information content (AvgIpc) is 3.26. The van der Waals surface area contributed by atoms with Crippen LogP contribution in [0.15, 0.2) is 78.0 Å². The largest absolute Gasteiger partial charge is 0.279 e. The predicted octanol–water partition coefficient (Wildman–Crippen LogP) is 3.75. The second-order valence-corrected chi connectivity index (χ2v) is 8.38. The minimum absolute atomic E-state index is 0.217. The molecule has 0 aliphatic heterocycles. The third kappa shape index (κ3) is 3.88. The molecule has 4 aromatic rings. The highest BCUT2D eigenvalue weighted by Gasteiger charge is 2.16. The molecule has 0 saturated heterocycles. The lowest BCUT2D eigenvalue weighted by Gasteiger charge is -2.13. The number of aromatic nitrogens is 4. The van der Waals surface area contributed by atoms with Gasteiger partial charge in [-0.15, -0.1) is 5.10 Å². The van der Waals surface area contributed by atoms with Gasteiger partial charge in [-0.1, -0.05) is 42.5 Å². The molecule has 0 aliphatic carbocycles. The fourth-order valence-electron chi connectivity index (χ4n) is 3.08. The van der Waals surface area contributed by atoms with Crippen molar-refractivity contribution in [3.63, 3.8) is 0 Å². The number of benzene rings is 3. The Morgan fingerprint density at radius 2 is 1.41 bits per heavy atom. The van der Waals surface area contributed by atoms with E-state index in [2.05, 4.69) is 20.2 Å². The zero-order valence-corrected chi connectivity index (χ0v) is 16.8. The van der Waals surface area contributed by atoms with Gasteiger partial charge in [-0.25, -0.2) is 13.1 Å². The molecule has 1 N–H and O–H groups in total. The summed E-state index contributed by atoms with van der Waals surface area (Å²) in [5, 5.41) is 11.1. The van der Waals surface area contributed by atoms with Gasteiger partial charge in [-0.2, -0.15) is 0 Å². The monoisotopic (exact) mass is 405 g/mol. The first-order valence-corrected chi connectivity index (χ1v) is 10.5. The topological polar surface area (TPSA) is 89.8 Å². The van der Waals surface area contributed by atoms with Crippen molar-refractivity contribution in [2.24, 2.45) is 0 Å². The summed E-state index contributed by atoms with van der Waals surface area (Å²) in [6.45, 7) is 3.76. The van der Waals surface area contributed by atoms with Crippen molar-refractivity contribution >= 4 is 15.7 Å². The van der Waals surface area contributed by atoms with Crippen LogP contribution in [0.2, 0.25) is 0 Å². The van der Waals surface area contributed by atoms with Gasteiger partial charge in [0.15, 0.2) is 0 Å². The Morgan fingerprint density at radius 3 is 1.97 bits per heavy atom. The van der Waals surface area contributed by atoms with Crippen molar-refractivity contribution in [2.45, 2.75) is 18.7 Å². The lowest BCUT2D eigenvalue weighted by molar-refractivity contribution is 0.601. The quantitative estimate of drug-likeness (QED) is 0.546. The van der Waals surface area contributed by atoms with Gasteiger partial charge >= 0.3 is 0 Å². The third-order valence-electron chi connectivity index (χ3n) is 4.70. The number of nitrogens with zero attached hydrogens (tertiary/aromatic N) is 4. The lowest BCUT2D eigenvalue weighted by atomic mass is 10.1. The molecule has 0 radical (unpaired) electrons. The molecule has 0 fully saturated rings. The van der Waals surface area contributed by atoms with Gasteiger partial charge in [0.2, 0.25) is 0 Å². The fraction of sp³-hybridized carbons (Fsp3) is 0.0952. The second kappa shape index (κ2) is 7.48. The molecule has 1 aromatic heterocycles. The number of hydrogen-bond acceptors (Lipinski definition) is 5. The van der Waals surface area contributed by atoms with Crippen molar-refractivity contribution < 1.29 is 8.42 Å². The highest BCUT2D eigenvalue weighted by molar-refractivity contribution is 7.92. The van der Waals surface area contributed by atoms with Gasteiger partial charge in [0, 0.05) is 0 Å². The molecule has 0 atom stereocenters. The summed E-state index contributed by atoms with van der Waals surface area (Å²) < 4.78 is 29.9. The van der Waals surface area contributed by atoms with E-state index < -0.39 is 10.0 Å². The molecule has 3 aromatic carbocycles. The van der Waals surface area contributed by atoms with E-state index in [9.17, 15) is 8.42 Å². The summed E-state index contributed by atoms with van der Waals surface area (Å²) in [6, 6.07) is 20.2. The fourth-order valence-corrected chi connectivity index (χ4v) is 4.28. The number of para-hydroxylation sites is 1. The van der Waals surface area contributed by atoms with Crippen molar-refractivity contribution in [3.8, 4) is 16.8 Å². The first-order valence-electron chi connectivity index (χ1n) is 8.97. The van der Waals surface area contributed by atoms with Crippen LogP contribution in [-0.4, -0.2) is 28.6 Å². The smallest absolute Gasteiger partial charge is 0.261 e. The van der Waals surface area contributed by atoms with Crippen LogP contribution in [0.5, 0.6) is 0 Å². The second-order valence-electron chi connectivity index (χ2n) is 6.70. The molecule has 0 spiro atoms. The van der Waals surface area contributed by atoms with Gasteiger partial charge in [0.25, 0.3) is 10.0 Å². The minimum Gasteiger partial charge on any atom is -0.279 e. The van der Waals surface area contributed by atoms with Crippen LogP contribution < -0.4 is 4.72 Å². The van der Waals surface area contributed by atoms with Crippen molar-refractivity contribution in [1.29, 1.82) is 0 Å². The van der Waals surface area contributed by atoms with Gasteiger partial charge < -0.3 is 0 Å². The molecule has 1 heterocycles. The number of sulfonamides is 1. The summed E-state index contributed by atoms with van der Waals surface area (Å²) in [5.41, 5.74) is 5.11. The van der Waals surface area contributed by atoms with E-state index in [1.165, 1.54) is 6.33 Å². The van der Waals surface area contributed by atoms with Gasteiger partial charge in [0.05, 0.1) is 16.3 Å². The Morgan fingerprint density at radius 1 is 0.828 bits per heavy atom. The number of aryl methyl sites for hydroxylation is 2. The number of nitrogens with one attached hydrogen (secondary N) is 1. The maximum Gasteiger partial charge on any atom is 0.261 e. The maximum absolute atomic E-state index is 12.8. The van der Waals surface area contributed by atoms with Crippen molar-refractivity contribution in [1.82, 2.24) is 20.2 Å². The average molecular weight is 405 g/mol. The van der Waals surface area contributed by atoms with Crippen LogP contribution in [0.4, 0.5) is 5.69 Å². The molecule has 146 valence electrons. The number of hydrogen-bond donors (Lipinski definition) is 1. The maximum atomic E-state index is 12.8. The third-order valence-corrected chi connectivity index (χ3v) is 6.06. The first kappa shape index (κ1) is 18.8. The summed E-state index contributed by atoms with van der Waals surface area (Å²) in [6.07, 6.45) is 1.53. The van der Waals surface area contributed by atoms with E-state index in [4.69, 9.17) is 0 Å². The summed E-state index contributed by atoms with van der Waals surface area (Å²) >= 11 is 0. The molecule has 8 heteroatoms. The molecule has 0 saturated carbocycles. The van der Waals surface area contributed by atoms with E-state index in [1.807, 2.05) is 56.3 Å². The van der Waals surface area contributed by atoms with E-state index >= 15 is 0 Å². The number of rotatable bonds is 5. The predicted molar refractivity (Wildman–Crippen MR) is 111 cm³/mol. The van der Waals surface area contributed by atoms with Crippen molar-refractivity contribution in [3.05, 3.63) is 84.2 Å². The number of anilines is 1. The molecule has 0 aliphatic rings. The van der Waals surface area contributed by atoms with E-state index in [-0.39, 0.29) is 4.90 Å². The molecule has 0 amide bonds. The summed E-state index contributed by atoms with van der Waals surface area (Å²) in [5.74, 6) is 0. The Bertz CT molecular complexity index is 1210. The van der Waals surface area contributed by atoms with Crippen LogP contribution >= 0.6 is 0 Å². The highest BCUT2D eigenvalue weighted by Crippen LogP contribution is 2.26. The minimum atomic E-state index is -3.67. The Labute approximate surface area is 169 Å². The molecule has 7 nitrogen and oxygen atoms in total. The zero-order chi connectivity index (χ0) is 20.4. The molecule has 29 heavy (non-hydrogen) atoms. The van der Waals surface area contributed by atoms with E-state index in [0.717, 1.165) is 27.9 Å². The first-order chi connectivity index (χ1) is 13.9. The van der Waals surface area contributed by atoms with Crippen LogP contribution in [0.3, 0.4) is 0 Å². The van der Waals surface area contributed by atoms with Crippen LogP contribution in [0, 0.1) is 13.8 Å². The Balaban J connectivity index is 1.57. The van der Waals surface area contributed by atoms with Gasteiger partial charge in [-0.3, -0.25) is 4.72 Å². The van der Waals surface area contributed by atoms with Crippen LogP contribution in [-0.2, 0) is 10.0 Å². The van der Waals surface area contributed by atoms with Gasteiger partial charge in [0.1, 0.15) is 6.33 Å². The Hall–Kier alpha value is -3.52. The lowest BCUT2D eigenvalue weighted by Crippen LogP contribution is -2.14. The van der Waals surface area contributed by atoms with Crippen molar-refractivity contribution in [2.75, 3.05) is 4.72 Å². The van der Waals surface area contributed by atoms with Crippen LogP contribution in [0.25, 0.3) is 16.8 Å².